The van der Waals surface area contributed by atoms with Crippen LogP contribution in [-0.2, 0) is 6.18 Å². The lowest BCUT2D eigenvalue weighted by molar-refractivity contribution is -0.137. The molecule has 1 saturated heterocycles. The Labute approximate surface area is 228 Å². The van der Waals surface area contributed by atoms with Gasteiger partial charge in [0.15, 0.2) is 4.77 Å². The van der Waals surface area contributed by atoms with Gasteiger partial charge in [-0.1, -0.05) is 35.3 Å². The first-order valence-electron chi connectivity index (χ1n) is 11.9. The van der Waals surface area contributed by atoms with Gasteiger partial charge in [0.05, 0.1) is 28.4 Å². The number of hydrogen-bond donors (Lipinski definition) is 2. The topological polar surface area (TPSA) is 58.1 Å². The summed E-state index contributed by atoms with van der Waals surface area (Å²) < 4.78 is 49.1. The minimum absolute atomic E-state index is 0.00835. The van der Waals surface area contributed by atoms with Crippen molar-refractivity contribution in [1.82, 2.24) is 25.0 Å². The lowest BCUT2D eigenvalue weighted by Gasteiger charge is -2.28. The highest BCUT2D eigenvalue weighted by atomic mass is 35.5. The Morgan fingerprint density at radius 1 is 1.14 bits per heavy atom. The van der Waals surface area contributed by atoms with Crippen LogP contribution in [0.3, 0.4) is 0 Å². The normalized spacial score (nSPS) is 15.6. The first-order valence-corrected chi connectivity index (χ1v) is 13.1. The molecule has 0 bridgehead atoms. The summed E-state index contributed by atoms with van der Waals surface area (Å²) in [5, 5.41) is 10.3. The highest BCUT2D eigenvalue weighted by Gasteiger charge is 2.36. The van der Waals surface area contributed by atoms with Crippen molar-refractivity contribution in [1.29, 1.82) is 0 Å². The quantitative estimate of drug-likeness (QED) is 0.306. The summed E-state index contributed by atoms with van der Waals surface area (Å²) in [7, 11) is 1.59. The number of nitrogens with zero attached hydrogens (tertiary/aromatic N) is 3. The van der Waals surface area contributed by atoms with Crippen molar-refractivity contribution >= 4 is 35.4 Å². The molecule has 0 amide bonds. The van der Waals surface area contributed by atoms with Crippen LogP contribution in [0.5, 0.6) is 5.75 Å². The van der Waals surface area contributed by atoms with Gasteiger partial charge in [-0.05, 0) is 67.9 Å². The summed E-state index contributed by atoms with van der Waals surface area (Å²) >= 11 is 17.6. The van der Waals surface area contributed by atoms with Crippen LogP contribution in [0.4, 0.5) is 13.2 Å². The number of aromatic amines is 1. The minimum Gasteiger partial charge on any atom is -0.496 e. The van der Waals surface area contributed by atoms with E-state index in [0.29, 0.717) is 18.0 Å². The van der Waals surface area contributed by atoms with Gasteiger partial charge in [-0.2, -0.15) is 18.3 Å². The molecule has 1 aliphatic rings. The van der Waals surface area contributed by atoms with Crippen LogP contribution in [0.1, 0.15) is 41.3 Å². The number of ether oxygens (including phenoxy) is 1. The largest absolute Gasteiger partial charge is 0.496 e. The Kier molecular flexibility index (Phi) is 8.85. The fraction of sp³-hybridized carbons (Fsp3) is 0.440. The lowest BCUT2D eigenvalue weighted by Crippen LogP contribution is -2.43. The molecule has 0 radical (unpaired) electrons. The fourth-order valence-electron chi connectivity index (χ4n) is 4.68. The molecule has 2 heterocycles. The van der Waals surface area contributed by atoms with Crippen molar-refractivity contribution in [2.75, 3.05) is 39.8 Å². The van der Waals surface area contributed by atoms with Crippen molar-refractivity contribution in [3.63, 3.8) is 0 Å². The van der Waals surface area contributed by atoms with E-state index in [1.807, 2.05) is 25.1 Å². The molecule has 1 atom stereocenters. The van der Waals surface area contributed by atoms with Gasteiger partial charge in [-0.3, -0.25) is 9.67 Å². The van der Waals surface area contributed by atoms with E-state index in [4.69, 9.17) is 40.2 Å². The maximum absolute atomic E-state index is 14.1. The molecule has 1 aliphatic heterocycles. The van der Waals surface area contributed by atoms with E-state index in [0.717, 1.165) is 56.3 Å². The van der Waals surface area contributed by atoms with Crippen LogP contribution < -0.4 is 10.1 Å². The van der Waals surface area contributed by atoms with E-state index in [9.17, 15) is 13.2 Å². The predicted octanol–water partition coefficient (Wildman–Crippen LogP) is 6.39. The second-order valence-corrected chi connectivity index (χ2v) is 10.2. The third-order valence-corrected chi connectivity index (χ3v) is 7.60. The zero-order valence-electron chi connectivity index (χ0n) is 20.5. The van der Waals surface area contributed by atoms with Crippen molar-refractivity contribution in [2.45, 2.75) is 31.9 Å². The van der Waals surface area contributed by atoms with E-state index in [1.165, 1.54) is 10.6 Å². The van der Waals surface area contributed by atoms with Crippen molar-refractivity contribution in [3.8, 4) is 11.4 Å². The molecule has 0 spiro atoms. The number of alkyl halides is 3. The molecular weight excluding hydrogens is 546 g/mol. The first kappa shape index (κ1) is 27.9. The molecule has 12 heteroatoms. The van der Waals surface area contributed by atoms with Gasteiger partial charge in [-0.25, -0.2) is 0 Å². The number of benzene rings is 2. The van der Waals surface area contributed by atoms with E-state index in [1.54, 1.807) is 7.11 Å². The van der Waals surface area contributed by atoms with Crippen LogP contribution in [0.2, 0.25) is 10.0 Å². The number of rotatable bonds is 8. The van der Waals surface area contributed by atoms with Crippen LogP contribution in [-0.4, -0.2) is 59.5 Å². The molecule has 1 unspecified atom stereocenters. The van der Waals surface area contributed by atoms with E-state index in [-0.39, 0.29) is 26.4 Å². The van der Waals surface area contributed by atoms with E-state index in [2.05, 4.69) is 20.4 Å². The summed E-state index contributed by atoms with van der Waals surface area (Å²) in [6.07, 6.45) is -3.23. The minimum atomic E-state index is -4.68. The first-order chi connectivity index (χ1) is 17.6. The Morgan fingerprint density at radius 2 is 1.84 bits per heavy atom. The highest BCUT2D eigenvalue weighted by Crippen LogP contribution is 2.40. The van der Waals surface area contributed by atoms with E-state index < -0.39 is 11.7 Å². The Balaban J connectivity index is 1.80. The molecule has 200 valence electrons. The average Bonchev–Trinajstić information content (AvgIpc) is 3.24. The van der Waals surface area contributed by atoms with Crippen molar-refractivity contribution < 1.29 is 17.9 Å². The number of nitrogens with one attached hydrogen (secondary N) is 2. The molecule has 4 rings (SSSR count). The van der Waals surface area contributed by atoms with Gasteiger partial charge >= 0.3 is 6.18 Å². The number of hydrogen-bond acceptors (Lipinski definition) is 5. The Bertz CT molecular complexity index is 1300. The van der Waals surface area contributed by atoms with Crippen LogP contribution in [0.15, 0.2) is 30.3 Å². The monoisotopic (exact) mass is 573 g/mol. The smallest absolute Gasteiger partial charge is 0.418 e. The van der Waals surface area contributed by atoms with Gasteiger partial charge < -0.3 is 15.0 Å². The second-order valence-electron chi connectivity index (χ2n) is 9.02. The van der Waals surface area contributed by atoms with Crippen LogP contribution in [0.25, 0.3) is 5.69 Å². The van der Waals surface area contributed by atoms with Crippen molar-refractivity contribution in [3.05, 3.63) is 67.7 Å². The van der Waals surface area contributed by atoms with Crippen LogP contribution >= 0.6 is 35.4 Å². The van der Waals surface area contributed by atoms with Gasteiger partial charge in [0.25, 0.3) is 0 Å². The molecular formula is C25H28Cl2F3N5OS. The molecule has 0 aliphatic carbocycles. The highest BCUT2D eigenvalue weighted by molar-refractivity contribution is 7.71. The zero-order valence-corrected chi connectivity index (χ0v) is 22.8. The summed E-state index contributed by atoms with van der Waals surface area (Å²) in [6.45, 7) is 6.60. The number of H-pyrrole nitrogens is 1. The molecule has 37 heavy (non-hydrogen) atoms. The summed E-state index contributed by atoms with van der Waals surface area (Å²) in [5.74, 6) is 0.691. The number of piperazine rings is 1. The van der Waals surface area contributed by atoms with Crippen molar-refractivity contribution in [2.24, 2.45) is 0 Å². The lowest BCUT2D eigenvalue weighted by atomic mass is 9.91. The zero-order chi connectivity index (χ0) is 26.7. The number of aromatic nitrogens is 3. The maximum Gasteiger partial charge on any atom is 0.418 e. The summed E-state index contributed by atoms with van der Waals surface area (Å²) in [5.41, 5.74) is 0.656. The Morgan fingerprint density at radius 3 is 2.51 bits per heavy atom. The second kappa shape index (κ2) is 11.7. The standard InChI is InChI=1S/C25H28Cl2F3N5OS/c1-15-5-6-16(12-22(15)36-2)17(4-3-9-34-10-7-31-8-11-34)23-32-33-24(37)35(23)21-14-20(27)19(26)13-18(21)25(28,29)30/h5-6,12-14,17,31H,3-4,7-11H2,1-2H3,(H,33,37). The number of halogens is 5. The third kappa shape index (κ3) is 6.31. The SMILES string of the molecule is COc1cc(C(CCCN2CCNCC2)c2n[nH]c(=S)n2-c2cc(Cl)c(Cl)cc2C(F)(F)F)ccc1C. The van der Waals surface area contributed by atoms with Crippen LogP contribution in [0, 0.1) is 11.7 Å². The molecule has 1 aromatic heterocycles. The number of methoxy groups -OCH3 is 1. The summed E-state index contributed by atoms with van der Waals surface area (Å²) in [6, 6.07) is 7.81. The molecule has 1 fully saturated rings. The molecule has 2 N–H and O–H groups in total. The van der Waals surface area contributed by atoms with Gasteiger partial charge in [0.2, 0.25) is 0 Å². The summed E-state index contributed by atoms with van der Waals surface area (Å²) in [4.78, 5) is 2.38. The molecule has 2 aromatic carbocycles. The van der Waals surface area contributed by atoms with E-state index >= 15 is 0 Å². The van der Waals surface area contributed by atoms with Gasteiger partial charge in [0.1, 0.15) is 11.6 Å². The molecule has 0 saturated carbocycles. The average molecular weight is 575 g/mol. The van der Waals surface area contributed by atoms with Gasteiger partial charge in [0, 0.05) is 32.1 Å². The van der Waals surface area contributed by atoms with Gasteiger partial charge in [-0.15, -0.1) is 0 Å². The maximum atomic E-state index is 14.1. The molecule has 6 nitrogen and oxygen atoms in total. The number of aryl methyl sites for hydroxylation is 1. The molecule has 3 aromatic rings. The predicted molar refractivity (Wildman–Crippen MR) is 142 cm³/mol. The third-order valence-electron chi connectivity index (χ3n) is 6.61. The fourth-order valence-corrected chi connectivity index (χ4v) is 5.24. The Hall–Kier alpha value is -2.11.